The van der Waals surface area contributed by atoms with Gasteiger partial charge in [-0.15, -0.1) is 0 Å². The van der Waals surface area contributed by atoms with Crippen molar-refractivity contribution in [1.29, 1.82) is 0 Å². The van der Waals surface area contributed by atoms with E-state index in [4.69, 9.17) is 14.2 Å². The van der Waals surface area contributed by atoms with E-state index in [0.29, 0.717) is 19.3 Å². The molecule has 0 unspecified atom stereocenters. The Balaban J connectivity index is 4.48. The lowest BCUT2D eigenvalue weighted by Gasteiger charge is -2.18. The first-order valence-electron chi connectivity index (χ1n) is 28.1. The summed E-state index contributed by atoms with van der Waals surface area (Å²) in [5.74, 6) is -0.966. The number of rotatable bonds is 50. The second-order valence-electron chi connectivity index (χ2n) is 18.5. The highest BCUT2D eigenvalue weighted by Crippen LogP contribution is 2.16. The van der Waals surface area contributed by atoms with Crippen LogP contribution in [-0.2, 0) is 28.6 Å². The Bertz CT molecular complexity index is 1300. The standard InChI is InChI=1S/C61H104O6/c1-4-7-10-13-16-19-22-25-28-30-33-36-39-42-45-48-51-54-60(63)66-57-58(56-65-59(62)53-50-47-44-41-38-35-32-27-24-21-18-15-12-9-6-3)67-61(64)55-52-49-46-43-40-37-34-31-29-26-23-20-17-14-11-8-5-2/h7,10,16,18-19,21,25,27-28,32-33,36,42,45,58H,4-6,8-9,11-15,17,20,22-24,26,29-31,34-35,37-41,43-44,46-57H2,1-3H3/b10-7+,19-16+,21-18+,28-25+,32-27+,36-33+,45-42+/t58-/m1/s1. The van der Waals surface area contributed by atoms with Gasteiger partial charge in [0.25, 0.3) is 0 Å². The topological polar surface area (TPSA) is 78.9 Å². The lowest BCUT2D eigenvalue weighted by atomic mass is 10.0. The molecule has 0 aliphatic heterocycles. The molecule has 0 heterocycles. The number of carbonyl (C=O) groups is 3. The first kappa shape index (κ1) is 63.6. The van der Waals surface area contributed by atoms with Crippen LogP contribution in [-0.4, -0.2) is 37.2 Å². The van der Waals surface area contributed by atoms with Crippen molar-refractivity contribution in [3.63, 3.8) is 0 Å². The molecule has 0 fully saturated rings. The van der Waals surface area contributed by atoms with Crippen LogP contribution in [0, 0.1) is 0 Å². The van der Waals surface area contributed by atoms with Gasteiger partial charge in [-0.05, 0) is 89.9 Å². The summed E-state index contributed by atoms with van der Waals surface area (Å²) in [5, 5.41) is 0. The van der Waals surface area contributed by atoms with E-state index in [0.717, 1.165) is 103 Å². The highest BCUT2D eigenvalue weighted by Gasteiger charge is 2.19. The smallest absolute Gasteiger partial charge is 0.306 e. The molecule has 0 saturated heterocycles. The predicted molar refractivity (Wildman–Crippen MR) is 288 cm³/mol. The third-order valence-corrected chi connectivity index (χ3v) is 11.9. The van der Waals surface area contributed by atoms with Crippen molar-refractivity contribution in [3.05, 3.63) is 85.1 Å². The molecule has 0 spiro atoms. The van der Waals surface area contributed by atoms with E-state index in [1.165, 1.54) is 116 Å². The fraction of sp³-hybridized carbons (Fsp3) is 0.721. The van der Waals surface area contributed by atoms with Crippen LogP contribution in [0.3, 0.4) is 0 Å². The van der Waals surface area contributed by atoms with Crippen LogP contribution >= 0.6 is 0 Å². The Morgan fingerprint density at radius 2 is 0.597 bits per heavy atom. The molecule has 0 aromatic rings. The third-order valence-electron chi connectivity index (χ3n) is 11.9. The molecular weight excluding hydrogens is 829 g/mol. The maximum Gasteiger partial charge on any atom is 0.306 e. The van der Waals surface area contributed by atoms with Gasteiger partial charge in [0.2, 0.25) is 0 Å². The maximum absolute atomic E-state index is 12.8. The molecule has 0 rings (SSSR count). The Labute approximate surface area is 414 Å². The molecule has 6 heteroatoms. The van der Waals surface area contributed by atoms with E-state index in [2.05, 4.69) is 106 Å². The number of esters is 3. The van der Waals surface area contributed by atoms with E-state index >= 15 is 0 Å². The summed E-state index contributed by atoms with van der Waals surface area (Å²) < 4.78 is 16.8. The first-order valence-corrected chi connectivity index (χ1v) is 28.1. The van der Waals surface area contributed by atoms with Crippen LogP contribution in [0.25, 0.3) is 0 Å². The Hall–Kier alpha value is -3.41. The summed E-state index contributed by atoms with van der Waals surface area (Å²) in [7, 11) is 0. The maximum atomic E-state index is 12.8. The summed E-state index contributed by atoms with van der Waals surface area (Å²) in [6.45, 7) is 6.45. The van der Waals surface area contributed by atoms with Gasteiger partial charge in [0.15, 0.2) is 6.10 Å². The summed E-state index contributed by atoms with van der Waals surface area (Å²) in [4.78, 5) is 38.1. The zero-order valence-corrected chi connectivity index (χ0v) is 43.9. The van der Waals surface area contributed by atoms with Gasteiger partial charge in [-0.25, -0.2) is 0 Å². The molecule has 0 bridgehead atoms. The fourth-order valence-corrected chi connectivity index (χ4v) is 7.68. The van der Waals surface area contributed by atoms with E-state index in [-0.39, 0.29) is 37.5 Å². The van der Waals surface area contributed by atoms with Crippen molar-refractivity contribution in [2.45, 2.75) is 271 Å². The van der Waals surface area contributed by atoms with Crippen LogP contribution < -0.4 is 0 Å². The van der Waals surface area contributed by atoms with Crippen molar-refractivity contribution in [1.82, 2.24) is 0 Å². The highest BCUT2D eigenvalue weighted by molar-refractivity contribution is 5.71. The van der Waals surface area contributed by atoms with Crippen LogP contribution in [0.2, 0.25) is 0 Å². The number of carbonyl (C=O) groups excluding carboxylic acids is 3. The Morgan fingerprint density at radius 1 is 0.313 bits per heavy atom. The van der Waals surface area contributed by atoms with Crippen LogP contribution in [0.5, 0.6) is 0 Å². The van der Waals surface area contributed by atoms with Gasteiger partial charge >= 0.3 is 17.9 Å². The summed E-state index contributed by atoms with van der Waals surface area (Å²) in [6.07, 6.45) is 71.4. The Morgan fingerprint density at radius 3 is 1.00 bits per heavy atom. The van der Waals surface area contributed by atoms with Crippen molar-refractivity contribution in [3.8, 4) is 0 Å². The van der Waals surface area contributed by atoms with Gasteiger partial charge in [-0.1, -0.05) is 241 Å². The molecule has 67 heavy (non-hydrogen) atoms. The van der Waals surface area contributed by atoms with Gasteiger partial charge in [0, 0.05) is 19.3 Å². The van der Waals surface area contributed by atoms with Gasteiger partial charge in [0.05, 0.1) is 0 Å². The third kappa shape index (κ3) is 53.4. The minimum Gasteiger partial charge on any atom is -0.462 e. The molecule has 0 saturated carbocycles. The van der Waals surface area contributed by atoms with Crippen LogP contribution in [0.1, 0.15) is 265 Å². The number of unbranched alkanes of at least 4 members (excludes halogenated alkanes) is 25. The average Bonchev–Trinajstić information content (AvgIpc) is 3.33. The summed E-state index contributed by atoms with van der Waals surface area (Å²) in [5.41, 5.74) is 0. The monoisotopic (exact) mass is 933 g/mol. The normalized spacial score (nSPS) is 12.7. The summed E-state index contributed by atoms with van der Waals surface area (Å²) in [6, 6.07) is 0. The molecule has 0 amide bonds. The van der Waals surface area contributed by atoms with Crippen LogP contribution in [0.15, 0.2) is 85.1 Å². The lowest BCUT2D eigenvalue weighted by Crippen LogP contribution is -2.30. The number of hydrogen-bond acceptors (Lipinski definition) is 6. The summed E-state index contributed by atoms with van der Waals surface area (Å²) >= 11 is 0. The molecule has 384 valence electrons. The SMILES string of the molecule is CC/C=C/C/C=C/C/C=C/C/C=C/C/C=C/CCCC(=O)OC[C@@H](COC(=O)CCCCCCC/C=C/C/C=C/CCCCC)OC(=O)CCCCCCCCCCCCCCCCCCC. The van der Waals surface area contributed by atoms with Gasteiger partial charge < -0.3 is 14.2 Å². The average molecular weight is 933 g/mol. The largest absolute Gasteiger partial charge is 0.462 e. The minimum absolute atomic E-state index is 0.100. The quantitative estimate of drug-likeness (QED) is 0.0262. The van der Waals surface area contributed by atoms with Gasteiger partial charge in [0.1, 0.15) is 13.2 Å². The highest BCUT2D eigenvalue weighted by atomic mass is 16.6. The molecule has 6 nitrogen and oxygen atoms in total. The first-order chi connectivity index (χ1) is 33.0. The number of allylic oxidation sites excluding steroid dienone is 14. The van der Waals surface area contributed by atoms with E-state index in [9.17, 15) is 14.4 Å². The minimum atomic E-state index is -0.804. The van der Waals surface area contributed by atoms with Gasteiger partial charge in [-0.3, -0.25) is 14.4 Å². The Kier molecular flexibility index (Phi) is 52.4. The second kappa shape index (κ2) is 55.2. The van der Waals surface area contributed by atoms with Crippen molar-refractivity contribution in [2.24, 2.45) is 0 Å². The number of hydrogen-bond donors (Lipinski definition) is 0. The molecule has 0 radical (unpaired) electrons. The zero-order valence-electron chi connectivity index (χ0n) is 43.9. The van der Waals surface area contributed by atoms with Gasteiger partial charge in [-0.2, -0.15) is 0 Å². The molecule has 0 aromatic heterocycles. The molecule has 0 aliphatic rings. The fourth-order valence-electron chi connectivity index (χ4n) is 7.68. The van der Waals surface area contributed by atoms with Crippen molar-refractivity contribution < 1.29 is 28.6 Å². The molecule has 0 aromatic carbocycles. The molecular formula is C61H104O6. The molecule has 1 atom stereocenters. The number of ether oxygens (including phenoxy) is 3. The van der Waals surface area contributed by atoms with E-state index < -0.39 is 6.10 Å². The second-order valence-corrected chi connectivity index (χ2v) is 18.5. The van der Waals surface area contributed by atoms with Crippen molar-refractivity contribution in [2.75, 3.05) is 13.2 Å². The zero-order chi connectivity index (χ0) is 48.6. The van der Waals surface area contributed by atoms with E-state index in [1.807, 2.05) is 0 Å². The molecule has 0 aliphatic carbocycles. The van der Waals surface area contributed by atoms with Crippen LogP contribution in [0.4, 0.5) is 0 Å². The lowest BCUT2D eigenvalue weighted by molar-refractivity contribution is -0.167. The molecule has 0 N–H and O–H groups in total. The predicted octanol–water partition coefficient (Wildman–Crippen LogP) is 18.8. The van der Waals surface area contributed by atoms with E-state index in [1.54, 1.807) is 0 Å². The van der Waals surface area contributed by atoms with Crippen molar-refractivity contribution >= 4 is 17.9 Å².